The Bertz CT molecular complexity index is 125. The highest BCUT2D eigenvalue weighted by Gasteiger charge is 1.73. The molecule has 0 aromatic carbocycles. The topological polar surface area (TPSA) is 28.7 Å². The molecule has 56 valence electrons. The molecule has 1 N–H and O–H groups in total. The first-order chi connectivity index (χ1) is 4.77. The molecule has 0 saturated carbocycles. The van der Waals surface area contributed by atoms with Crippen molar-refractivity contribution in [1.29, 1.82) is 0 Å². The Morgan fingerprint density at radius 3 is 2.30 bits per heavy atom. The SMILES string of the molecule is C=CC(C)C.c1c[nH]cn1. The van der Waals surface area contributed by atoms with Crippen LogP contribution in [0.4, 0.5) is 0 Å². The van der Waals surface area contributed by atoms with Crippen LogP contribution < -0.4 is 0 Å². The van der Waals surface area contributed by atoms with Gasteiger partial charge >= 0.3 is 0 Å². The number of imidazole rings is 1. The van der Waals surface area contributed by atoms with E-state index in [1.54, 1.807) is 18.7 Å². The maximum atomic E-state index is 3.67. The molecule has 1 aromatic heterocycles. The molecule has 2 nitrogen and oxygen atoms in total. The average Bonchev–Trinajstić information content (AvgIpc) is 2.43. The van der Waals surface area contributed by atoms with Gasteiger partial charge < -0.3 is 4.98 Å². The van der Waals surface area contributed by atoms with E-state index in [4.69, 9.17) is 0 Å². The Morgan fingerprint density at radius 1 is 1.60 bits per heavy atom. The van der Waals surface area contributed by atoms with E-state index in [0.29, 0.717) is 5.92 Å². The van der Waals surface area contributed by atoms with Crippen LogP contribution in [0.2, 0.25) is 0 Å². The summed E-state index contributed by atoms with van der Waals surface area (Å²) in [5, 5.41) is 0. The Labute approximate surface area is 62.0 Å². The van der Waals surface area contributed by atoms with Gasteiger partial charge in [-0.05, 0) is 5.92 Å². The highest BCUT2D eigenvalue weighted by molar-refractivity contribution is 4.69. The molecule has 0 radical (unpaired) electrons. The smallest absolute Gasteiger partial charge is 0.0919 e. The second-order valence-electron chi connectivity index (χ2n) is 2.24. The van der Waals surface area contributed by atoms with E-state index in [1.165, 1.54) is 0 Å². The average molecular weight is 138 g/mol. The van der Waals surface area contributed by atoms with Crippen LogP contribution in [-0.2, 0) is 0 Å². The van der Waals surface area contributed by atoms with Crippen molar-refractivity contribution >= 4 is 0 Å². The quantitative estimate of drug-likeness (QED) is 0.592. The molecule has 1 heterocycles. The molecule has 0 aliphatic heterocycles. The summed E-state index contributed by atoms with van der Waals surface area (Å²) >= 11 is 0. The summed E-state index contributed by atoms with van der Waals surface area (Å²) in [6.45, 7) is 7.77. The van der Waals surface area contributed by atoms with Crippen LogP contribution in [0, 0.1) is 5.92 Å². The fraction of sp³-hybridized carbons (Fsp3) is 0.375. The van der Waals surface area contributed by atoms with Gasteiger partial charge in [-0.3, -0.25) is 0 Å². The summed E-state index contributed by atoms with van der Waals surface area (Å²) in [6.07, 6.45) is 7.00. The number of H-pyrrole nitrogens is 1. The van der Waals surface area contributed by atoms with Gasteiger partial charge in [0.05, 0.1) is 6.33 Å². The lowest BCUT2D eigenvalue weighted by molar-refractivity contribution is 0.835. The van der Waals surface area contributed by atoms with Crippen LogP contribution in [-0.4, -0.2) is 9.97 Å². The molecule has 0 aliphatic rings. The molecule has 0 amide bonds. The number of hydrogen-bond acceptors (Lipinski definition) is 1. The van der Waals surface area contributed by atoms with Gasteiger partial charge in [-0.15, -0.1) is 6.58 Å². The molecule has 10 heavy (non-hydrogen) atoms. The summed E-state index contributed by atoms with van der Waals surface area (Å²) in [5.41, 5.74) is 0. The highest BCUT2D eigenvalue weighted by atomic mass is 14.8. The molecule has 1 rings (SSSR count). The molecular weight excluding hydrogens is 124 g/mol. The zero-order valence-electron chi connectivity index (χ0n) is 6.54. The van der Waals surface area contributed by atoms with Gasteiger partial charge in [-0.25, -0.2) is 4.98 Å². The second-order valence-corrected chi connectivity index (χ2v) is 2.24. The fourth-order valence-corrected chi connectivity index (χ4v) is 0.215. The second kappa shape index (κ2) is 6.08. The molecule has 0 bridgehead atoms. The van der Waals surface area contributed by atoms with Crippen LogP contribution in [0.5, 0.6) is 0 Å². The largest absolute Gasteiger partial charge is 0.351 e. The monoisotopic (exact) mass is 138 g/mol. The van der Waals surface area contributed by atoms with E-state index in [9.17, 15) is 0 Å². The van der Waals surface area contributed by atoms with Crippen LogP contribution in [0.1, 0.15) is 13.8 Å². The van der Waals surface area contributed by atoms with E-state index in [0.717, 1.165) is 0 Å². The maximum Gasteiger partial charge on any atom is 0.0919 e. The minimum atomic E-state index is 0.648. The first-order valence-corrected chi connectivity index (χ1v) is 3.32. The minimum Gasteiger partial charge on any atom is -0.351 e. The number of nitrogens with zero attached hydrogens (tertiary/aromatic N) is 1. The summed E-state index contributed by atoms with van der Waals surface area (Å²) in [5.74, 6) is 0.648. The normalized spacial score (nSPS) is 8.30. The third-order valence-corrected chi connectivity index (χ3v) is 0.877. The Morgan fingerprint density at radius 2 is 2.20 bits per heavy atom. The summed E-state index contributed by atoms with van der Waals surface area (Å²) < 4.78 is 0. The van der Waals surface area contributed by atoms with Gasteiger partial charge in [0.15, 0.2) is 0 Å². The van der Waals surface area contributed by atoms with Crippen LogP contribution in [0.25, 0.3) is 0 Å². The number of aromatic amines is 1. The Balaban J connectivity index is 0.000000162. The van der Waals surface area contributed by atoms with Crippen molar-refractivity contribution in [1.82, 2.24) is 9.97 Å². The predicted molar refractivity (Wildman–Crippen MR) is 43.6 cm³/mol. The highest BCUT2D eigenvalue weighted by Crippen LogP contribution is 1.87. The van der Waals surface area contributed by atoms with Crippen molar-refractivity contribution in [3.63, 3.8) is 0 Å². The lowest BCUT2D eigenvalue weighted by Crippen LogP contribution is -1.71. The van der Waals surface area contributed by atoms with Gasteiger partial charge in [0.2, 0.25) is 0 Å². The molecule has 2 heteroatoms. The lowest BCUT2D eigenvalue weighted by atomic mass is 10.2. The number of aromatic nitrogens is 2. The summed E-state index contributed by atoms with van der Waals surface area (Å²) in [6, 6.07) is 0. The van der Waals surface area contributed by atoms with Gasteiger partial charge in [0.1, 0.15) is 0 Å². The summed E-state index contributed by atoms with van der Waals surface area (Å²) in [4.78, 5) is 6.42. The molecule has 0 unspecified atom stereocenters. The van der Waals surface area contributed by atoms with Gasteiger partial charge in [-0.2, -0.15) is 0 Å². The van der Waals surface area contributed by atoms with Gasteiger partial charge in [-0.1, -0.05) is 19.9 Å². The van der Waals surface area contributed by atoms with Gasteiger partial charge in [0.25, 0.3) is 0 Å². The Kier molecular flexibility index (Phi) is 5.44. The third kappa shape index (κ3) is 6.95. The van der Waals surface area contributed by atoms with Crippen molar-refractivity contribution in [2.24, 2.45) is 5.92 Å². The minimum absolute atomic E-state index is 0.648. The number of nitrogens with one attached hydrogen (secondary N) is 1. The van der Waals surface area contributed by atoms with Crippen LogP contribution in [0.3, 0.4) is 0 Å². The van der Waals surface area contributed by atoms with E-state index in [2.05, 4.69) is 30.4 Å². The van der Waals surface area contributed by atoms with Crippen molar-refractivity contribution in [3.05, 3.63) is 31.4 Å². The standard InChI is InChI=1S/C5H10.C3H4N2/c1-4-5(2)3;1-2-5-3-4-1/h4-5H,1H2,2-3H3;1-3H,(H,4,5). The number of rotatable bonds is 1. The molecule has 0 atom stereocenters. The zero-order valence-corrected chi connectivity index (χ0v) is 6.54. The first-order valence-electron chi connectivity index (χ1n) is 3.32. The molecule has 0 saturated heterocycles. The van der Waals surface area contributed by atoms with E-state index in [1.807, 2.05) is 6.08 Å². The van der Waals surface area contributed by atoms with Crippen molar-refractivity contribution in [2.45, 2.75) is 13.8 Å². The fourth-order valence-electron chi connectivity index (χ4n) is 0.215. The third-order valence-electron chi connectivity index (χ3n) is 0.877. The van der Waals surface area contributed by atoms with Crippen molar-refractivity contribution in [3.8, 4) is 0 Å². The molecule has 0 fully saturated rings. The number of allylic oxidation sites excluding steroid dienone is 1. The van der Waals surface area contributed by atoms with Crippen molar-refractivity contribution in [2.75, 3.05) is 0 Å². The number of hydrogen-bond donors (Lipinski definition) is 1. The zero-order chi connectivity index (χ0) is 7.82. The molecule has 0 aliphatic carbocycles. The van der Waals surface area contributed by atoms with Crippen LogP contribution in [0.15, 0.2) is 31.4 Å². The lowest BCUT2D eigenvalue weighted by Gasteiger charge is -1.84. The van der Waals surface area contributed by atoms with Crippen LogP contribution >= 0.6 is 0 Å². The predicted octanol–water partition coefficient (Wildman–Crippen LogP) is 2.24. The van der Waals surface area contributed by atoms with Crippen molar-refractivity contribution < 1.29 is 0 Å². The van der Waals surface area contributed by atoms with E-state index in [-0.39, 0.29) is 0 Å². The van der Waals surface area contributed by atoms with Gasteiger partial charge in [0, 0.05) is 12.4 Å². The van der Waals surface area contributed by atoms with E-state index >= 15 is 0 Å². The summed E-state index contributed by atoms with van der Waals surface area (Å²) in [7, 11) is 0. The molecule has 1 aromatic rings. The van der Waals surface area contributed by atoms with E-state index < -0.39 is 0 Å². The maximum absolute atomic E-state index is 3.67. The molecular formula is C8H14N2. The first kappa shape index (κ1) is 8.95. The Hall–Kier alpha value is -1.05. The molecule has 0 spiro atoms.